The summed E-state index contributed by atoms with van der Waals surface area (Å²) in [5.74, 6) is 1.31. The van der Waals surface area contributed by atoms with Crippen LogP contribution in [0, 0.1) is 6.92 Å². The zero-order valence-electron chi connectivity index (χ0n) is 15.8. The lowest BCUT2D eigenvalue weighted by molar-refractivity contribution is -0.892. The van der Waals surface area contributed by atoms with E-state index >= 15 is 0 Å². The number of nitrogens with zero attached hydrogens (tertiary/aromatic N) is 1. The van der Waals surface area contributed by atoms with E-state index in [2.05, 4.69) is 41.4 Å². The van der Waals surface area contributed by atoms with E-state index in [0.29, 0.717) is 18.8 Å². The number of anilines is 1. The summed E-state index contributed by atoms with van der Waals surface area (Å²) in [5, 5.41) is 12.4. The van der Waals surface area contributed by atoms with Gasteiger partial charge in [-0.05, 0) is 43.3 Å². The van der Waals surface area contributed by atoms with Gasteiger partial charge in [0.25, 0.3) is 5.91 Å². The van der Waals surface area contributed by atoms with Gasteiger partial charge in [-0.25, -0.2) is 0 Å². The molecular formula is C21H28N3O2S+. The second kappa shape index (κ2) is 9.67. The fourth-order valence-corrected chi connectivity index (χ4v) is 3.97. The van der Waals surface area contributed by atoms with Gasteiger partial charge in [0.05, 0.1) is 26.2 Å². The first-order valence-electron chi connectivity index (χ1n) is 9.44. The molecule has 0 spiro atoms. The number of aryl methyl sites for hydroxylation is 1. The quantitative estimate of drug-likeness (QED) is 0.496. The first kappa shape index (κ1) is 19.6. The number of nitrogens with one attached hydrogen (secondary N) is 2. The SMILES string of the molecule is Cc1ccc(SCCNC(=O)C[NH+]2CCN(c3ccc(O)cc3)CC2)cc1. The van der Waals surface area contributed by atoms with Crippen molar-refractivity contribution >= 4 is 23.4 Å². The van der Waals surface area contributed by atoms with E-state index in [0.717, 1.165) is 37.6 Å². The molecule has 5 nitrogen and oxygen atoms in total. The predicted octanol–water partition coefficient (Wildman–Crippen LogP) is 1.31. The van der Waals surface area contributed by atoms with Gasteiger partial charge in [-0.1, -0.05) is 17.7 Å². The summed E-state index contributed by atoms with van der Waals surface area (Å²) in [6.45, 7) is 7.08. The fourth-order valence-electron chi connectivity index (χ4n) is 3.20. The van der Waals surface area contributed by atoms with Crippen molar-refractivity contribution in [2.45, 2.75) is 11.8 Å². The van der Waals surface area contributed by atoms with Crippen LogP contribution in [0.3, 0.4) is 0 Å². The largest absolute Gasteiger partial charge is 0.508 e. The van der Waals surface area contributed by atoms with Gasteiger partial charge in [-0.3, -0.25) is 4.79 Å². The molecule has 2 aromatic rings. The summed E-state index contributed by atoms with van der Waals surface area (Å²) in [4.78, 5) is 17.0. The van der Waals surface area contributed by atoms with Gasteiger partial charge in [0.2, 0.25) is 0 Å². The number of amides is 1. The number of hydrogen-bond donors (Lipinski definition) is 3. The monoisotopic (exact) mass is 386 g/mol. The first-order chi connectivity index (χ1) is 13.1. The summed E-state index contributed by atoms with van der Waals surface area (Å²) in [6, 6.07) is 15.8. The third-order valence-electron chi connectivity index (χ3n) is 4.81. The molecule has 0 unspecified atom stereocenters. The zero-order valence-corrected chi connectivity index (χ0v) is 16.6. The number of hydrogen-bond acceptors (Lipinski definition) is 4. The van der Waals surface area contributed by atoms with Crippen molar-refractivity contribution in [3.63, 3.8) is 0 Å². The topological polar surface area (TPSA) is 57.0 Å². The molecule has 2 aromatic carbocycles. The van der Waals surface area contributed by atoms with Crippen LogP contribution in [0.4, 0.5) is 5.69 Å². The van der Waals surface area contributed by atoms with Crippen molar-refractivity contribution in [3.8, 4) is 5.75 Å². The molecule has 0 aliphatic carbocycles. The lowest BCUT2D eigenvalue weighted by Crippen LogP contribution is -3.16. The van der Waals surface area contributed by atoms with Crippen LogP contribution < -0.4 is 15.1 Å². The number of quaternary nitrogens is 1. The third-order valence-corrected chi connectivity index (χ3v) is 5.82. The molecule has 0 radical (unpaired) electrons. The van der Waals surface area contributed by atoms with Gasteiger partial charge in [-0.15, -0.1) is 11.8 Å². The van der Waals surface area contributed by atoms with Gasteiger partial charge >= 0.3 is 0 Å². The van der Waals surface area contributed by atoms with Crippen LogP contribution in [0.15, 0.2) is 53.4 Å². The zero-order chi connectivity index (χ0) is 19.1. The van der Waals surface area contributed by atoms with Gasteiger partial charge < -0.3 is 20.2 Å². The number of thioether (sulfide) groups is 1. The highest BCUT2D eigenvalue weighted by Gasteiger charge is 2.22. The minimum Gasteiger partial charge on any atom is -0.508 e. The molecule has 3 rings (SSSR count). The summed E-state index contributed by atoms with van der Waals surface area (Å²) >= 11 is 1.77. The van der Waals surface area contributed by atoms with Crippen LogP contribution >= 0.6 is 11.8 Å². The lowest BCUT2D eigenvalue weighted by Gasteiger charge is -2.33. The molecule has 0 aromatic heterocycles. The van der Waals surface area contributed by atoms with E-state index in [1.165, 1.54) is 15.4 Å². The van der Waals surface area contributed by atoms with Gasteiger partial charge in [0.15, 0.2) is 6.54 Å². The Morgan fingerprint density at radius 1 is 1.11 bits per heavy atom. The Bertz CT molecular complexity index is 726. The standard InChI is InChI=1S/C21H27N3O2S/c1-17-2-8-20(9-3-17)27-15-10-22-21(26)16-23-11-13-24(14-12-23)18-4-6-19(25)7-5-18/h2-9,25H,10-16H2,1H3,(H,22,26)/p+1. The third kappa shape index (κ3) is 6.19. The number of aromatic hydroxyl groups is 1. The van der Waals surface area contributed by atoms with Crippen LogP contribution in [-0.2, 0) is 4.79 Å². The number of piperazine rings is 1. The summed E-state index contributed by atoms with van der Waals surface area (Å²) < 4.78 is 0. The second-order valence-electron chi connectivity index (χ2n) is 6.94. The second-order valence-corrected chi connectivity index (χ2v) is 8.11. The van der Waals surface area contributed by atoms with Crippen molar-refractivity contribution in [2.75, 3.05) is 49.9 Å². The Hall–Kier alpha value is -2.18. The number of phenolic OH excluding ortho intramolecular Hbond substituents is 1. The molecule has 144 valence electrons. The molecule has 1 saturated heterocycles. The molecule has 1 heterocycles. The van der Waals surface area contributed by atoms with Gasteiger partial charge in [0.1, 0.15) is 5.75 Å². The number of carbonyl (C=O) groups is 1. The van der Waals surface area contributed by atoms with Crippen molar-refractivity contribution in [1.82, 2.24) is 5.32 Å². The fraction of sp³-hybridized carbons (Fsp3) is 0.381. The number of phenols is 1. The Morgan fingerprint density at radius 2 is 1.78 bits per heavy atom. The van der Waals surface area contributed by atoms with Gasteiger partial charge in [0, 0.05) is 22.9 Å². The van der Waals surface area contributed by atoms with E-state index < -0.39 is 0 Å². The highest BCUT2D eigenvalue weighted by Crippen LogP contribution is 2.18. The molecular weight excluding hydrogens is 358 g/mol. The van der Waals surface area contributed by atoms with Crippen LogP contribution in [0.5, 0.6) is 5.75 Å². The predicted molar refractivity (Wildman–Crippen MR) is 111 cm³/mol. The van der Waals surface area contributed by atoms with E-state index in [4.69, 9.17) is 0 Å². The van der Waals surface area contributed by atoms with E-state index in [-0.39, 0.29) is 5.91 Å². The molecule has 1 aliphatic rings. The summed E-state index contributed by atoms with van der Waals surface area (Å²) in [7, 11) is 0. The molecule has 0 atom stereocenters. The molecule has 1 aliphatic heterocycles. The maximum atomic E-state index is 12.2. The van der Waals surface area contributed by atoms with Crippen LogP contribution in [0.25, 0.3) is 0 Å². The molecule has 27 heavy (non-hydrogen) atoms. The Balaban J connectivity index is 1.32. The number of rotatable bonds is 7. The number of carbonyl (C=O) groups excluding carboxylic acids is 1. The molecule has 3 N–H and O–H groups in total. The van der Waals surface area contributed by atoms with Crippen molar-refractivity contribution < 1.29 is 14.8 Å². The maximum Gasteiger partial charge on any atom is 0.275 e. The molecule has 1 fully saturated rings. The van der Waals surface area contributed by atoms with E-state index in [1.807, 2.05) is 12.1 Å². The number of benzene rings is 2. The Labute approximate surface area is 165 Å². The van der Waals surface area contributed by atoms with E-state index in [1.54, 1.807) is 23.9 Å². The molecule has 0 bridgehead atoms. The van der Waals surface area contributed by atoms with E-state index in [9.17, 15) is 9.90 Å². The average molecular weight is 387 g/mol. The minimum absolute atomic E-state index is 0.132. The van der Waals surface area contributed by atoms with Crippen LogP contribution in [-0.4, -0.2) is 56.0 Å². The van der Waals surface area contributed by atoms with Gasteiger partial charge in [-0.2, -0.15) is 0 Å². The van der Waals surface area contributed by atoms with Crippen molar-refractivity contribution in [2.24, 2.45) is 0 Å². The lowest BCUT2D eigenvalue weighted by atomic mass is 10.2. The highest BCUT2D eigenvalue weighted by atomic mass is 32.2. The molecule has 1 amide bonds. The smallest absolute Gasteiger partial charge is 0.275 e. The molecule has 6 heteroatoms. The minimum atomic E-state index is 0.132. The molecule has 0 saturated carbocycles. The van der Waals surface area contributed by atoms with Crippen LogP contribution in [0.1, 0.15) is 5.56 Å². The normalized spacial score (nSPS) is 14.9. The maximum absolute atomic E-state index is 12.2. The Morgan fingerprint density at radius 3 is 2.44 bits per heavy atom. The van der Waals surface area contributed by atoms with Crippen molar-refractivity contribution in [1.29, 1.82) is 0 Å². The van der Waals surface area contributed by atoms with Crippen LogP contribution in [0.2, 0.25) is 0 Å². The average Bonchev–Trinajstić information content (AvgIpc) is 2.68. The van der Waals surface area contributed by atoms with Crippen molar-refractivity contribution in [3.05, 3.63) is 54.1 Å². The first-order valence-corrected chi connectivity index (χ1v) is 10.4. The Kier molecular flexibility index (Phi) is 7.01. The highest BCUT2D eigenvalue weighted by molar-refractivity contribution is 7.99. The summed E-state index contributed by atoms with van der Waals surface area (Å²) in [6.07, 6.45) is 0. The summed E-state index contributed by atoms with van der Waals surface area (Å²) in [5.41, 5.74) is 2.39.